The average Bonchev–Trinajstić information content (AvgIpc) is 2.65. The molecule has 0 heterocycles. The summed E-state index contributed by atoms with van der Waals surface area (Å²) in [5.74, 6) is 2.32. The minimum absolute atomic E-state index is 0.0253. The van der Waals surface area contributed by atoms with E-state index in [0.29, 0.717) is 5.92 Å². The van der Waals surface area contributed by atoms with E-state index in [-0.39, 0.29) is 45.6 Å². The van der Waals surface area contributed by atoms with Crippen molar-refractivity contribution in [2.75, 3.05) is 0 Å². The molecule has 4 heteroatoms. The first-order chi connectivity index (χ1) is 16.1. The molecule has 1 fully saturated rings. The lowest BCUT2D eigenvalue weighted by Gasteiger charge is -2.42. The zero-order chi connectivity index (χ0) is 28.1. The summed E-state index contributed by atoms with van der Waals surface area (Å²) >= 11 is 0. The lowest BCUT2D eigenvalue weighted by molar-refractivity contribution is -0.128. The highest BCUT2D eigenvalue weighted by atomic mass is 16.2. The van der Waals surface area contributed by atoms with Crippen LogP contribution in [-0.2, 0) is 9.59 Å². The van der Waals surface area contributed by atoms with E-state index in [1.165, 1.54) is 38.5 Å². The molecule has 0 aromatic carbocycles. The Morgan fingerprint density at radius 3 is 1.28 bits per heavy atom. The average molecular weight is 507 g/mol. The second kappa shape index (κ2) is 12.7. The van der Waals surface area contributed by atoms with Gasteiger partial charge in [0.25, 0.3) is 0 Å². The third-order valence-corrected chi connectivity index (χ3v) is 8.35. The Morgan fingerprint density at radius 1 is 0.639 bits per heavy atom. The molecule has 0 spiro atoms. The summed E-state index contributed by atoms with van der Waals surface area (Å²) in [6.45, 7) is 28.4. The lowest BCUT2D eigenvalue weighted by atomic mass is 9.67. The van der Waals surface area contributed by atoms with Crippen LogP contribution in [-0.4, -0.2) is 22.9 Å². The van der Waals surface area contributed by atoms with Gasteiger partial charge >= 0.3 is 0 Å². The van der Waals surface area contributed by atoms with Crippen LogP contribution in [0.4, 0.5) is 0 Å². The van der Waals surface area contributed by atoms with Crippen LogP contribution in [0.3, 0.4) is 0 Å². The van der Waals surface area contributed by atoms with E-state index in [9.17, 15) is 9.59 Å². The van der Waals surface area contributed by atoms with E-state index >= 15 is 0 Å². The Hall–Kier alpha value is -1.06. The normalized spacial score (nSPS) is 21.0. The SMILES string of the molecule is CC(C)C(=O)NC(C)(C)CC(C)(C)CC1CCC(CC(C)(C)CC(C)(C)NC(=O)C(C)C(C)C)CC1. The van der Waals surface area contributed by atoms with Crippen LogP contribution in [0.2, 0.25) is 0 Å². The molecule has 4 nitrogen and oxygen atoms in total. The van der Waals surface area contributed by atoms with E-state index in [2.05, 4.69) is 79.9 Å². The summed E-state index contributed by atoms with van der Waals surface area (Å²) < 4.78 is 0. The largest absolute Gasteiger partial charge is 0.351 e. The first kappa shape index (κ1) is 33.0. The van der Waals surface area contributed by atoms with Crippen LogP contribution in [0, 0.1) is 40.4 Å². The van der Waals surface area contributed by atoms with Crippen LogP contribution in [0.25, 0.3) is 0 Å². The maximum absolute atomic E-state index is 12.7. The molecule has 36 heavy (non-hydrogen) atoms. The van der Waals surface area contributed by atoms with Gasteiger partial charge in [0.1, 0.15) is 0 Å². The number of carbonyl (C=O) groups excluding carboxylic acids is 2. The lowest BCUT2D eigenvalue weighted by Crippen LogP contribution is -2.49. The number of hydrogen-bond donors (Lipinski definition) is 2. The van der Waals surface area contributed by atoms with Gasteiger partial charge in [0.15, 0.2) is 0 Å². The third-order valence-electron chi connectivity index (χ3n) is 8.35. The molecule has 0 aliphatic heterocycles. The van der Waals surface area contributed by atoms with Gasteiger partial charge in [0, 0.05) is 22.9 Å². The number of hydrogen-bond acceptors (Lipinski definition) is 2. The van der Waals surface area contributed by atoms with Crippen LogP contribution in [0.5, 0.6) is 0 Å². The number of carbonyl (C=O) groups is 2. The molecule has 0 saturated heterocycles. The quantitative estimate of drug-likeness (QED) is 0.265. The molecule has 0 radical (unpaired) electrons. The first-order valence-corrected chi connectivity index (χ1v) is 14.8. The molecule has 2 N–H and O–H groups in total. The van der Waals surface area contributed by atoms with Crippen molar-refractivity contribution in [3.05, 3.63) is 0 Å². The summed E-state index contributed by atoms with van der Waals surface area (Å²) in [7, 11) is 0. The zero-order valence-corrected chi connectivity index (χ0v) is 26.4. The van der Waals surface area contributed by atoms with Gasteiger partial charge in [-0.05, 0) is 82.0 Å². The summed E-state index contributed by atoms with van der Waals surface area (Å²) in [5, 5.41) is 6.59. The monoisotopic (exact) mass is 506 g/mol. The fraction of sp³-hybridized carbons (Fsp3) is 0.938. The summed E-state index contributed by atoms with van der Waals surface area (Å²) in [5.41, 5.74) is 0.0389. The smallest absolute Gasteiger partial charge is 0.223 e. The summed E-state index contributed by atoms with van der Waals surface area (Å²) in [4.78, 5) is 24.9. The zero-order valence-electron chi connectivity index (χ0n) is 26.4. The maximum Gasteiger partial charge on any atom is 0.223 e. The van der Waals surface area contributed by atoms with Gasteiger partial charge in [-0.25, -0.2) is 0 Å². The Morgan fingerprint density at radius 2 is 0.972 bits per heavy atom. The first-order valence-electron chi connectivity index (χ1n) is 14.8. The van der Waals surface area contributed by atoms with Gasteiger partial charge in [-0.15, -0.1) is 0 Å². The Balaban J connectivity index is 2.57. The highest BCUT2D eigenvalue weighted by Gasteiger charge is 2.36. The molecule has 0 aromatic heterocycles. The molecular formula is C32H62N2O2. The van der Waals surface area contributed by atoms with E-state index in [0.717, 1.165) is 24.7 Å². The molecule has 212 valence electrons. The minimum Gasteiger partial charge on any atom is -0.351 e. The second-order valence-corrected chi connectivity index (χ2v) is 15.9. The van der Waals surface area contributed by atoms with Crippen LogP contribution >= 0.6 is 0 Å². The summed E-state index contributed by atoms with van der Waals surface area (Å²) in [6, 6.07) is 0. The Bertz CT molecular complexity index is 710. The van der Waals surface area contributed by atoms with Crippen molar-refractivity contribution in [1.82, 2.24) is 10.6 Å². The number of amides is 2. The van der Waals surface area contributed by atoms with E-state index < -0.39 is 0 Å². The summed E-state index contributed by atoms with van der Waals surface area (Å²) in [6.07, 6.45) is 9.73. The van der Waals surface area contributed by atoms with Gasteiger partial charge in [0.2, 0.25) is 11.8 Å². The number of nitrogens with one attached hydrogen (secondary N) is 2. The van der Waals surface area contributed by atoms with Crippen LogP contribution in [0.15, 0.2) is 0 Å². The van der Waals surface area contributed by atoms with Crippen molar-refractivity contribution in [2.45, 2.75) is 152 Å². The minimum atomic E-state index is -0.192. The third kappa shape index (κ3) is 12.0. The van der Waals surface area contributed by atoms with Crippen molar-refractivity contribution in [1.29, 1.82) is 0 Å². The Kier molecular flexibility index (Phi) is 11.6. The molecule has 1 aliphatic carbocycles. The maximum atomic E-state index is 12.7. The fourth-order valence-corrected chi connectivity index (χ4v) is 7.06. The number of rotatable bonds is 13. The highest BCUT2D eigenvalue weighted by Crippen LogP contribution is 2.44. The van der Waals surface area contributed by atoms with Crippen molar-refractivity contribution in [3.63, 3.8) is 0 Å². The van der Waals surface area contributed by atoms with Crippen molar-refractivity contribution < 1.29 is 9.59 Å². The van der Waals surface area contributed by atoms with Crippen LogP contribution in [0.1, 0.15) is 141 Å². The van der Waals surface area contributed by atoms with Gasteiger partial charge in [0.05, 0.1) is 0 Å². The molecular weight excluding hydrogens is 444 g/mol. The predicted molar refractivity (Wildman–Crippen MR) is 155 cm³/mol. The van der Waals surface area contributed by atoms with Gasteiger partial charge in [-0.2, -0.15) is 0 Å². The van der Waals surface area contributed by atoms with Crippen molar-refractivity contribution in [3.8, 4) is 0 Å². The fourth-order valence-electron chi connectivity index (χ4n) is 7.06. The van der Waals surface area contributed by atoms with E-state index in [1.807, 2.05) is 20.8 Å². The van der Waals surface area contributed by atoms with Crippen molar-refractivity contribution >= 4 is 11.8 Å². The molecule has 1 aliphatic rings. The molecule has 2 amide bonds. The van der Waals surface area contributed by atoms with Crippen molar-refractivity contribution in [2.24, 2.45) is 40.4 Å². The van der Waals surface area contributed by atoms with Gasteiger partial charge < -0.3 is 10.6 Å². The van der Waals surface area contributed by atoms with Gasteiger partial charge in [-0.1, -0.05) is 88.0 Å². The second-order valence-electron chi connectivity index (χ2n) is 15.9. The standard InChI is InChI=1S/C32H62N2O2/c1-22(2)24(5)28(36)34-32(12,13)21-30(8,9)19-26-16-14-25(15-17-26)18-29(6,7)20-31(10,11)33-27(35)23(3)4/h22-26H,14-21H2,1-13H3,(H,33,35)(H,34,36). The van der Waals surface area contributed by atoms with Gasteiger partial charge in [-0.3, -0.25) is 9.59 Å². The highest BCUT2D eigenvalue weighted by molar-refractivity contribution is 5.79. The van der Waals surface area contributed by atoms with Crippen LogP contribution < -0.4 is 10.6 Å². The molecule has 0 bridgehead atoms. The predicted octanol–water partition coefficient (Wildman–Crippen LogP) is 8.14. The topological polar surface area (TPSA) is 58.2 Å². The van der Waals surface area contributed by atoms with E-state index in [1.54, 1.807) is 0 Å². The molecule has 1 unspecified atom stereocenters. The molecule has 1 atom stereocenters. The van der Waals surface area contributed by atoms with E-state index in [4.69, 9.17) is 0 Å². The Labute approximate surface area is 224 Å². The molecule has 1 rings (SSSR count). The molecule has 1 saturated carbocycles. The molecule has 0 aromatic rings.